The van der Waals surface area contributed by atoms with Crippen molar-refractivity contribution in [3.8, 4) is 0 Å². The van der Waals surface area contributed by atoms with Gasteiger partial charge in [-0.25, -0.2) is 4.98 Å². The van der Waals surface area contributed by atoms with Crippen LogP contribution in [-0.4, -0.2) is 18.3 Å². The van der Waals surface area contributed by atoms with E-state index in [0.29, 0.717) is 0 Å². The average Bonchev–Trinajstić information content (AvgIpc) is 2.41. The number of pyridine rings is 1. The van der Waals surface area contributed by atoms with Gasteiger partial charge >= 0.3 is 0 Å². The first-order valence-corrected chi connectivity index (χ1v) is 6.44. The normalized spacial score (nSPS) is 10.8. The number of hydrogen-bond acceptors (Lipinski definition) is 4. The Hall–Kier alpha value is -1.52. The fraction of sp³-hybridized carbons (Fsp3) is 0.0769. The lowest BCUT2D eigenvalue weighted by molar-refractivity contribution is 0.215. The van der Waals surface area contributed by atoms with Gasteiger partial charge in [0.05, 0.1) is 11.2 Å². The largest absolute Gasteiger partial charge is 0.399 e. The van der Waals surface area contributed by atoms with Crippen LogP contribution in [0.2, 0.25) is 5.02 Å². The zero-order valence-electron chi connectivity index (χ0n) is 9.71. The minimum atomic E-state index is 0.731. The van der Waals surface area contributed by atoms with Crippen LogP contribution in [0, 0.1) is 0 Å². The van der Waals surface area contributed by atoms with Crippen molar-refractivity contribution in [3.63, 3.8) is 0 Å². The van der Waals surface area contributed by atoms with Crippen molar-refractivity contribution in [2.45, 2.75) is 9.92 Å². The van der Waals surface area contributed by atoms with Gasteiger partial charge < -0.3 is 4.84 Å². The monoisotopic (exact) mass is 278 g/mol. The van der Waals surface area contributed by atoms with Crippen molar-refractivity contribution in [3.05, 3.63) is 53.2 Å². The molecule has 0 aliphatic heterocycles. The Kier molecular flexibility index (Phi) is 4.61. The van der Waals surface area contributed by atoms with E-state index in [4.69, 9.17) is 11.6 Å². The van der Waals surface area contributed by atoms with Crippen LogP contribution in [0.5, 0.6) is 0 Å². The van der Waals surface area contributed by atoms with Gasteiger partial charge in [0.15, 0.2) is 0 Å². The van der Waals surface area contributed by atoms with E-state index < -0.39 is 0 Å². The van der Waals surface area contributed by atoms with E-state index >= 15 is 0 Å². The summed E-state index contributed by atoms with van der Waals surface area (Å²) >= 11 is 7.62. The lowest BCUT2D eigenvalue weighted by Crippen LogP contribution is -1.86. The number of oxime groups is 1. The molecule has 0 atom stereocenters. The van der Waals surface area contributed by atoms with Crippen molar-refractivity contribution in [2.75, 3.05) is 7.11 Å². The quantitative estimate of drug-likeness (QED) is 0.629. The summed E-state index contributed by atoms with van der Waals surface area (Å²) in [6, 6.07) is 11.5. The van der Waals surface area contributed by atoms with Crippen molar-refractivity contribution in [1.82, 2.24) is 4.98 Å². The molecule has 3 nitrogen and oxygen atoms in total. The fourth-order valence-electron chi connectivity index (χ4n) is 1.28. The highest BCUT2D eigenvalue weighted by atomic mass is 35.5. The Labute approximate surface area is 115 Å². The molecule has 0 aliphatic carbocycles. The summed E-state index contributed by atoms with van der Waals surface area (Å²) in [5.74, 6) is 0. The maximum Gasteiger partial charge on any atom is 0.106 e. The molecule has 0 spiro atoms. The maximum absolute atomic E-state index is 6.09. The van der Waals surface area contributed by atoms with Gasteiger partial charge in [0.25, 0.3) is 0 Å². The lowest BCUT2D eigenvalue weighted by Gasteiger charge is -2.02. The van der Waals surface area contributed by atoms with Crippen LogP contribution in [0.25, 0.3) is 0 Å². The molecule has 0 N–H and O–H groups in total. The molecule has 0 aliphatic rings. The SMILES string of the molecule is CO/N=C/c1ccc(Sc2ccccc2Cl)nc1. The van der Waals surface area contributed by atoms with Gasteiger partial charge in [0.2, 0.25) is 0 Å². The number of nitrogens with zero attached hydrogens (tertiary/aromatic N) is 2. The third-order valence-corrected chi connectivity index (χ3v) is 3.59. The number of aromatic nitrogens is 1. The predicted octanol–water partition coefficient (Wildman–Crippen LogP) is 3.87. The number of benzene rings is 1. The van der Waals surface area contributed by atoms with Gasteiger partial charge in [-0.3, -0.25) is 0 Å². The van der Waals surface area contributed by atoms with E-state index in [-0.39, 0.29) is 0 Å². The van der Waals surface area contributed by atoms with Crippen LogP contribution >= 0.6 is 23.4 Å². The van der Waals surface area contributed by atoms with Crippen LogP contribution in [0.3, 0.4) is 0 Å². The summed E-state index contributed by atoms with van der Waals surface area (Å²) in [6.45, 7) is 0. The molecular weight excluding hydrogens is 268 g/mol. The molecular formula is C13H11ClN2OS. The first kappa shape index (κ1) is 12.9. The third-order valence-electron chi connectivity index (χ3n) is 2.12. The highest BCUT2D eigenvalue weighted by Gasteiger charge is 2.02. The lowest BCUT2D eigenvalue weighted by atomic mass is 10.3. The second kappa shape index (κ2) is 6.42. The molecule has 2 aromatic rings. The summed E-state index contributed by atoms with van der Waals surface area (Å²) in [5, 5.41) is 5.29. The van der Waals surface area contributed by atoms with Crippen LogP contribution in [0.1, 0.15) is 5.56 Å². The first-order valence-electron chi connectivity index (χ1n) is 5.24. The smallest absolute Gasteiger partial charge is 0.106 e. The Morgan fingerprint density at radius 2 is 2.11 bits per heavy atom. The van der Waals surface area contributed by atoms with Gasteiger partial charge in [-0.2, -0.15) is 0 Å². The van der Waals surface area contributed by atoms with E-state index in [0.717, 1.165) is 20.5 Å². The van der Waals surface area contributed by atoms with Crippen molar-refractivity contribution < 1.29 is 4.84 Å². The molecule has 92 valence electrons. The summed E-state index contributed by atoms with van der Waals surface area (Å²) in [6.07, 6.45) is 3.35. The molecule has 0 bridgehead atoms. The third kappa shape index (κ3) is 3.48. The number of hydrogen-bond donors (Lipinski definition) is 0. The summed E-state index contributed by atoms with van der Waals surface area (Å²) in [7, 11) is 1.51. The van der Waals surface area contributed by atoms with Gasteiger partial charge in [-0.05, 0) is 24.3 Å². The highest BCUT2D eigenvalue weighted by Crippen LogP contribution is 2.31. The minimum Gasteiger partial charge on any atom is -0.399 e. The van der Waals surface area contributed by atoms with Gasteiger partial charge in [0.1, 0.15) is 12.1 Å². The molecule has 1 aromatic heterocycles. The summed E-state index contributed by atoms with van der Waals surface area (Å²) in [4.78, 5) is 9.92. The fourth-order valence-corrected chi connectivity index (χ4v) is 2.31. The molecule has 0 fully saturated rings. The van der Waals surface area contributed by atoms with Crippen LogP contribution in [0.4, 0.5) is 0 Å². The van der Waals surface area contributed by atoms with Gasteiger partial charge in [0, 0.05) is 16.7 Å². The summed E-state index contributed by atoms with van der Waals surface area (Å²) in [5.41, 5.74) is 0.889. The molecule has 1 aromatic carbocycles. The summed E-state index contributed by atoms with van der Waals surface area (Å²) < 4.78 is 0. The van der Waals surface area contributed by atoms with Crippen LogP contribution in [0.15, 0.2) is 57.7 Å². The second-order valence-electron chi connectivity index (χ2n) is 3.38. The molecule has 18 heavy (non-hydrogen) atoms. The van der Waals surface area contributed by atoms with Gasteiger partial charge in [-0.15, -0.1) is 0 Å². The Morgan fingerprint density at radius 1 is 1.28 bits per heavy atom. The number of rotatable bonds is 4. The minimum absolute atomic E-state index is 0.731. The molecule has 0 saturated heterocycles. The molecule has 0 radical (unpaired) electrons. The average molecular weight is 279 g/mol. The van der Waals surface area contributed by atoms with E-state index in [1.54, 1.807) is 12.4 Å². The van der Waals surface area contributed by atoms with E-state index in [9.17, 15) is 0 Å². The van der Waals surface area contributed by atoms with Crippen molar-refractivity contribution in [2.24, 2.45) is 5.16 Å². The second-order valence-corrected chi connectivity index (χ2v) is 4.85. The van der Waals surface area contributed by atoms with Crippen molar-refractivity contribution in [1.29, 1.82) is 0 Å². The predicted molar refractivity (Wildman–Crippen MR) is 74.4 cm³/mol. The highest BCUT2D eigenvalue weighted by molar-refractivity contribution is 7.99. The van der Waals surface area contributed by atoms with E-state index in [1.165, 1.54) is 18.9 Å². The molecule has 0 unspecified atom stereocenters. The zero-order valence-corrected chi connectivity index (χ0v) is 11.3. The van der Waals surface area contributed by atoms with E-state index in [1.807, 2.05) is 36.4 Å². The maximum atomic E-state index is 6.09. The molecule has 1 heterocycles. The standard InChI is InChI=1S/C13H11ClN2OS/c1-17-16-9-10-6-7-13(15-8-10)18-12-5-3-2-4-11(12)14/h2-9H,1H3/b16-9+. The Morgan fingerprint density at radius 3 is 2.78 bits per heavy atom. The van der Waals surface area contributed by atoms with Gasteiger partial charge in [-0.1, -0.05) is 40.7 Å². The molecule has 5 heteroatoms. The topological polar surface area (TPSA) is 34.5 Å². The molecule has 2 rings (SSSR count). The van der Waals surface area contributed by atoms with Crippen LogP contribution in [-0.2, 0) is 4.84 Å². The molecule has 0 saturated carbocycles. The molecule has 0 amide bonds. The zero-order chi connectivity index (χ0) is 12.8. The first-order chi connectivity index (χ1) is 8.79. The van der Waals surface area contributed by atoms with E-state index in [2.05, 4.69) is 15.0 Å². The number of halogens is 1. The Bertz CT molecular complexity index is 543. The Balaban J connectivity index is 2.11. The van der Waals surface area contributed by atoms with Crippen LogP contribution < -0.4 is 0 Å². The van der Waals surface area contributed by atoms with Crippen molar-refractivity contribution >= 4 is 29.6 Å².